The Bertz CT molecular complexity index is 824. The van der Waals surface area contributed by atoms with E-state index in [-0.39, 0.29) is 18.1 Å². The quantitative estimate of drug-likeness (QED) is 0.855. The van der Waals surface area contributed by atoms with Crippen LogP contribution in [0.2, 0.25) is 0 Å². The van der Waals surface area contributed by atoms with Gasteiger partial charge in [0.2, 0.25) is 0 Å². The summed E-state index contributed by atoms with van der Waals surface area (Å²) in [4.78, 5) is 21.9. The van der Waals surface area contributed by atoms with Gasteiger partial charge >= 0.3 is 0 Å². The molecule has 1 fully saturated rings. The topological polar surface area (TPSA) is 45.1 Å². The van der Waals surface area contributed by atoms with Crippen molar-refractivity contribution >= 4 is 23.0 Å². The maximum atomic E-state index is 13.1. The second-order valence-corrected chi connectivity index (χ2v) is 6.98. The normalized spacial score (nSPS) is 24.9. The Labute approximate surface area is 153 Å². The van der Waals surface area contributed by atoms with Gasteiger partial charge in [0.25, 0.3) is 5.91 Å². The number of carbonyl (C=O) groups is 1. The molecule has 5 heteroatoms. The number of nitrogens with zero attached hydrogens (tertiary/aromatic N) is 3. The Morgan fingerprint density at radius 1 is 1.00 bits per heavy atom. The largest absolute Gasteiger partial charge is 0.373 e. The van der Waals surface area contributed by atoms with E-state index in [9.17, 15) is 4.79 Å². The lowest BCUT2D eigenvalue weighted by Crippen LogP contribution is -2.50. The fourth-order valence-electron chi connectivity index (χ4n) is 3.74. The summed E-state index contributed by atoms with van der Waals surface area (Å²) < 4.78 is 5.81. The van der Waals surface area contributed by atoms with Gasteiger partial charge in [0.15, 0.2) is 0 Å². The number of rotatable bonds is 3. The van der Waals surface area contributed by atoms with Gasteiger partial charge in [0, 0.05) is 18.7 Å². The number of anilines is 1. The maximum absolute atomic E-state index is 13.1. The predicted octanol–water partition coefficient (Wildman–Crippen LogP) is 3.22. The third-order valence-corrected chi connectivity index (χ3v) is 4.73. The second-order valence-electron chi connectivity index (χ2n) is 6.98. The number of ether oxygens (including phenoxy) is 1. The first kappa shape index (κ1) is 16.9. The molecule has 1 saturated heterocycles. The molecular weight excluding hydrogens is 326 g/mol. The number of amides is 1. The van der Waals surface area contributed by atoms with E-state index in [1.807, 2.05) is 59.5 Å². The van der Waals surface area contributed by atoms with Gasteiger partial charge in [0.1, 0.15) is 5.71 Å². The van der Waals surface area contributed by atoms with Gasteiger partial charge in [-0.15, -0.1) is 0 Å². The molecule has 0 aliphatic carbocycles. The highest BCUT2D eigenvalue weighted by Crippen LogP contribution is 2.31. The summed E-state index contributed by atoms with van der Waals surface area (Å²) in [6, 6.07) is 17.5. The van der Waals surface area contributed by atoms with Crippen LogP contribution in [0, 0.1) is 0 Å². The maximum Gasteiger partial charge on any atom is 0.278 e. The summed E-state index contributed by atoms with van der Waals surface area (Å²) in [5.74, 6) is -0.0400. The summed E-state index contributed by atoms with van der Waals surface area (Å²) in [5.41, 5.74) is 3.14. The fraction of sp³-hybridized carbons (Fsp3) is 0.333. The van der Waals surface area contributed by atoms with Crippen LogP contribution in [0.3, 0.4) is 0 Å². The molecule has 0 spiro atoms. The zero-order valence-electron chi connectivity index (χ0n) is 15.1. The number of benzene rings is 2. The van der Waals surface area contributed by atoms with Gasteiger partial charge in [-0.1, -0.05) is 36.4 Å². The molecule has 2 heterocycles. The monoisotopic (exact) mass is 349 g/mol. The molecule has 2 atom stereocenters. The van der Waals surface area contributed by atoms with Gasteiger partial charge in [-0.25, -0.2) is 4.99 Å². The first-order chi connectivity index (χ1) is 12.6. The summed E-state index contributed by atoms with van der Waals surface area (Å²) in [5, 5.41) is 0. The Kier molecular flexibility index (Phi) is 4.57. The molecule has 5 nitrogen and oxygen atoms in total. The third kappa shape index (κ3) is 3.28. The Hall–Kier alpha value is -2.50. The molecule has 2 aliphatic rings. The molecule has 0 saturated carbocycles. The number of morpholine rings is 1. The van der Waals surface area contributed by atoms with E-state index in [0.717, 1.165) is 30.0 Å². The lowest BCUT2D eigenvalue weighted by molar-refractivity contribution is -0.113. The molecule has 2 unspecified atom stereocenters. The van der Waals surface area contributed by atoms with Crippen molar-refractivity contribution < 1.29 is 9.53 Å². The highest BCUT2D eigenvalue weighted by atomic mass is 16.5. The van der Waals surface area contributed by atoms with Crippen LogP contribution in [0.1, 0.15) is 19.4 Å². The van der Waals surface area contributed by atoms with Crippen LogP contribution in [0.15, 0.2) is 59.6 Å². The molecule has 26 heavy (non-hydrogen) atoms. The number of fused-ring (bicyclic) bond motifs is 1. The summed E-state index contributed by atoms with van der Waals surface area (Å²) in [6.45, 7) is 6.35. The van der Waals surface area contributed by atoms with Crippen molar-refractivity contribution in [2.24, 2.45) is 4.99 Å². The number of carbonyl (C=O) groups excluding carboxylic acids is 1. The second kappa shape index (κ2) is 7.02. The molecular formula is C21H23N3O2. The first-order valence-corrected chi connectivity index (χ1v) is 9.04. The predicted molar refractivity (Wildman–Crippen MR) is 103 cm³/mol. The van der Waals surface area contributed by atoms with E-state index in [0.29, 0.717) is 12.4 Å². The van der Waals surface area contributed by atoms with Crippen LogP contribution in [0.4, 0.5) is 11.4 Å². The Morgan fingerprint density at radius 2 is 1.65 bits per heavy atom. The number of hydrogen-bond donors (Lipinski definition) is 0. The lowest BCUT2D eigenvalue weighted by atomic mass is 10.1. The molecule has 0 aromatic heterocycles. The van der Waals surface area contributed by atoms with Crippen LogP contribution in [0.5, 0.6) is 0 Å². The molecule has 0 radical (unpaired) electrons. The number of hydrogen-bond acceptors (Lipinski definition) is 4. The average molecular weight is 349 g/mol. The van der Waals surface area contributed by atoms with Gasteiger partial charge in [0.05, 0.1) is 30.3 Å². The first-order valence-electron chi connectivity index (χ1n) is 9.04. The molecule has 1 amide bonds. The van der Waals surface area contributed by atoms with E-state index in [4.69, 9.17) is 4.74 Å². The van der Waals surface area contributed by atoms with Crippen molar-refractivity contribution in [3.63, 3.8) is 0 Å². The minimum Gasteiger partial charge on any atom is -0.373 e. The SMILES string of the molecule is CC1CN(CN2C(=O)C(=Nc3ccccc3)c3ccccc32)CC(C)O1. The van der Waals surface area contributed by atoms with E-state index < -0.39 is 0 Å². The Balaban J connectivity index is 1.65. The van der Waals surface area contributed by atoms with Gasteiger partial charge in [-0.05, 0) is 32.0 Å². The van der Waals surface area contributed by atoms with Crippen molar-refractivity contribution in [2.75, 3.05) is 24.7 Å². The molecule has 4 rings (SSSR count). The molecule has 0 bridgehead atoms. The molecule has 2 aliphatic heterocycles. The van der Waals surface area contributed by atoms with Crippen LogP contribution in [-0.4, -0.2) is 48.5 Å². The zero-order valence-corrected chi connectivity index (χ0v) is 15.1. The molecule has 134 valence electrons. The minimum absolute atomic E-state index is 0.0400. The standard InChI is InChI=1S/C21H23N3O2/c1-15-12-23(13-16(2)26-15)14-24-19-11-7-6-10-18(19)20(21(24)25)22-17-8-4-3-5-9-17/h3-11,15-16H,12-14H2,1-2H3. The molecule has 2 aromatic carbocycles. The zero-order chi connectivity index (χ0) is 18.1. The van der Waals surface area contributed by atoms with Gasteiger partial charge in [-0.2, -0.15) is 0 Å². The van der Waals surface area contributed by atoms with Crippen LogP contribution >= 0.6 is 0 Å². The summed E-state index contributed by atoms with van der Waals surface area (Å²) in [6.07, 6.45) is 0.341. The van der Waals surface area contributed by atoms with Crippen LogP contribution in [-0.2, 0) is 9.53 Å². The van der Waals surface area contributed by atoms with Crippen molar-refractivity contribution in [2.45, 2.75) is 26.1 Å². The van der Waals surface area contributed by atoms with Gasteiger partial charge < -0.3 is 4.74 Å². The van der Waals surface area contributed by atoms with Crippen molar-refractivity contribution in [1.29, 1.82) is 0 Å². The lowest BCUT2D eigenvalue weighted by Gasteiger charge is -2.37. The summed E-state index contributed by atoms with van der Waals surface area (Å²) in [7, 11) is 0. The fourth-order valence-corrected chi connectivity index (χ4v) is 3.74. The molecule has 2 aromatic rings. The van der Waals surface area contributed by atoms with E-state index in [1.54, 1.807) is 0 Å². The van der Waals surface area contributed by atoms with Crippen LogP contribution in [0.25, 0.3) is 0 Å². The van der Waals surface area contributed by atoms with Gasteiger partial charge in [-0.3, -0.25) is 14.6 Å². The van der Waals surface area contributed by atoms with Crippen molar-refractivity contribution in [3.05, 3.63) is 60.2 Å². The van der Waals surface area contributed by atoms with E-state index in [2.05, 4.69) is 23.7 Å². The van der Waals surface area contributed by atoms with Crippen LogP contribution < -0.4 is 4.90 Å². The highest BCUT2D eigenvalue weighted by Gasteiger charge is 2.35. The minimum atomic E-state index is -0.0400. The highest BCUT2D eigenvalue weighted by molar-refractivity contribution is 6.54. The number of para-hydroxylation sites is 2. The smallest absolute Gasteiger partial charge is 0.278 e. The Morgan fingerprint density at radius 3 is 2.38 bits per heavy atom. The van der Waals surface area contributed by atoms with E-state index in [1.165, 1.54) is 0 Å². The van der Waals surface area contributed by atoms with E-state index >= 15 is 0 Å². The van der Waals surface area contributed by atoms with Crippen molar-refractivity contribution in [1.82, 2.24) is 4.90 Å². The number of aliphatic imine (C=N–C) groups is 1. The molecule has 0 N–H and O–H groups in total. The third-order valence-electron chi connectivity index (χ3n) is 4.73. The summed E-state index contributed by atoms with van der Waals surface area (Å²) >= 11 is 0. The average Bonchev–Trinajstić information content (AvgIpc) is 2.88. The van der Waals surface area contributed by atoms with Crippen molar-refractivity contribution in [3.8, 4) is 0 Å².